The summed E-state index contributed by atoms with van der Waals surface area (Å²) in [4.78, 5) is 0.321. The zero-order valence-electron chi connectivity index (χ0n) is 12.5. The second-order valence-electron chi connectivity index (χ2n) is 5.53. The number of hydrazine groups is 1. The summed E-state index contributed by atoms with van der Waals surface area (Å²) in [5, 5.41) is 9.46. The molecule has 4 N–H and O–H groups in total. The zero-order chi connectivity index (χ0) is 15.6. The van der Waals surface area contributed by atoms with Gasteiger partial charge in [-0.15, -0.1) is 0 Å². The van der Waals surface area contributed by atoms with Crippen molar-refractivity contribution >= 4 is 15.7 Å². The van der Waals surface area contributed by atoms with E-state index in [0.717, 1.165) is 12.8 Å². The number of aryl methyl sites for hydroxylation is 2. The molecule has 0 saturated carbocycles. The molecule has 0 aliphatic carbocycles. The molecule has 1 aromatic rings. The molecule has 2 rings (SSSR count). The highest BCUT2D eigenvalue weighted by Gasteiger charge is 2.34. The maximum atomic E-state index is 13.0. The van der Waals surface area contributed by atoms with Gasteiger partial charge < -0.3 is 10.5 Å². The Kier molecular flexibility index (Phi) is 4.88. The normalized spacial score (nSPS) is 20.5. The Morgan fingerprint density at radius 1 is 1.33 bits per heavy atom. The molecule has 0 amide bonds. The van der Waals surface area contributed by atoms with E-state index in [9.17, 15) is 13.5 Å². The fraction of sp³-hybridized carbons (Fsp3) is 0.571. The first kappa shape index (κ1) is 16.2. The molecular formula is C14H23N3O3S. The van der Waals surface area contributed by atoms with Crippen LogP contribution in [0.5, 0.6) is 0 Å². The molecule has 0 bridgehead atoms. The minimum Gasteiger partial charge on any atom is -0.395 e. The first-order valence-corrected chi connectivity index (χ1v) is 8.56. The van der Waals surface area contributed by atoms with Crippen molar-refractivity contribution in [3.8, 4) is 0 Å². The van der Waals surface area contributed by atoms with Gasteiger partial charge in [0.1, 0.15) is 0 Å². The van der Waals surface area contributed by atoms with E-state index in [1.54, 1.807) is 26.0 Å². The molecule has 0 spiro atoms. The average Bonchev–Trinajstić information content (AvgIpc) is 2.46. The molecule has 7 heteroatoms. The topological polar surface area (TPSA) is 95.7 Å². The summed E-state index contributed by atoms with van der Waals surface area (Å²) in [6.07, 6.45) is 2.48. The largest absolute Gasteiger partial charge is 0.395 e. The molecule has 1 aliphatic heterocycles. The molecule has 0 radical (unpaired) electrons. The van der Waals surface area contributed by atoms with Gasteiger partial charge in [0.25, 0.3) is 0 Å². The minimum atomic E-state index is -3.60. The first-order valence-electron chi connectivity index (χ1n) is 7.12. The number of nitrogens with zero attached hydrogens (tertiary/aromatic N) is 1. The summed E-state index contributed by atoms with van der Waals surface area (Å²) in [5.74, 6) is 5.39. The van der Waals surface area contributed by atoms with E-state index in [4.69, 9.17) is 5.84 Å². The lowest BCUT2D eigenvalue weighted by Crippen LogP contribution is -2.45. The van der Waals surface area contributed by atoms with Crippen LogP contribution < -0.4 is 11.3 Å². The monoisotopic (exact) mass is 313 g/mol. The van der Waals surface area contributed by atoms with Crippen LogP contribution in [-0.4, -0.2) is 37.0 Å². The molecular weight excluding hydrogens is 290 g/mol. The molecule has 1 aliphatic rings. The highest BCUT2D eigenvalue weighted by molar-refractivity contribution is 7.89. The van der Waals surface area contributed by atoms with Crippen molar-refractivity contribution in [3.63, 3.8) is 0 Å². The van der Waals surface area contributed by atoms with Crippen LogP contribution in [0.1, 0.15) is 30.4 Å². The summed E-state index contributed by atoms with van der Waals surface area (Å²) >= 11 is 0. The molecule has 0 aromatic heterocycles. The van der Waals surface area contributed by atoms with E-state index in [1.807, 2.05) is 0 Å². The van der Waals surface area contributed by atoms with Crippen LogP contribution in [0.4, 0.5) is 5.69 Å². The van der Waals surface area contributed by atoms with Gasteiger partial charge in [-0.05, 0) is 49.9 Å². The van der Waals surface area contributed by atoms with Gasteiger partial charge in [0.15, 0.2) is 0 Å². The van der Waals surface area contributed by atoms with E-state index in [-0.39, 0.29) is 12.6 Å². The number of anilines is 1. The fourth-order valence-corrected chi connectivity index (χ4v) is 5.13. The fourth-order valence-electron chi connectivity index (χ4n) is 3.03. The number of rotatable bonds is 4. The minimum absolute atomic E-state index is 0.139. The van der Waals surface area contributed by atoms with Crippen molar-refractivity contribution in [3.05, 3.63) is 23.3 Å². The second-order valence-corrected chi connectivity index (χ2v) is 7.36. The zero-order valence-corrected chi connectivity index (χ0v) is 13.3. The number of nitrogens with one attached hydrogen (secondary N) is 1. The Hall–Kier alpha value is -1.15. The molecule has 21 heavy (non-hydrogen) atoms. The third-order valence-corrected chi connectivity index (χ3v) is 6.24. The Morgan fingerprint density at radius 2 is 1.95 bits per heavy atom. The summed E-state index contributed by atoms with van der Waals surface area (Å²) in [5.41, 5.74) is 4.54. The number of piperidine rings is 1. The van der Waals surface area contributed by atoms with Crippen molar-refractivity contribution in [2.24, 2.45) is 5.84 Å². The molecule has 1 unspecified atom stereocenters. The van der Waals surface area contributed by atoms with Gasteiger partial charge in [-0.3, -0.25) is 5.84 Å². The Bertz CT molecular complexity index is 593. The number of nitrogen functional groups attached to an aromatic ring is 1. The van der Waals surface area contributed by atoms with Gasteiger partial charge >= 0.3 is 0 Å². The SMILES string of the molecule is Cc1cc(NN)cc(C)c1S(=O)(=O)N1CCCCC1CO. The highest BCUT2D eigenvalue weighted by Crippen LogP contribution is 2.30. The average molecular weight is 313 g/mol. The van der Waals surface area contributed by atoms with Gasteiger partial charge in [0.2, 0.25) is 10.0 Å². The second kappa shape index (κ2) is 6.31. The Morgan fingerprint density at radius 3 is 2.48 bits per heavy atom. The molecule has 1 fully saturated rings. The predicted molar refractivity (Wildman–Crippen MR) is 82.3 cm³/mol. The van der Waals surface area contributed by atoms with Gasteiger partial charge in [-0.25, -0.2) is 8.42 Å². The number of hydrogen-bond donors (Lipinski definition) is 3. The third-order valence-electron chi connectivity index (χ3n) is 3.98. The van der Waals surface area contributed by atoms with Crippen LogP contribution in [0.15, 0.2) is 17.0 Å². The quantitative estimate of drug-likeness (QED) is 0.572. The third kappa shape index (κ3) is 3.06. The number of nitrogens with two attached hydrogens (primary N) is 1. The Balaban J connectivity index is 2.48. The summed E-state index contributed by atoms with van der Waals surface area (Å²) in [6, 6.07) is 3.12. The van der Waals surface area contributed by atoms with Crippen LogP contribution >= 0.6 is 0 Å². The molecule has 1 saturated heterocycles. The molecule has 1 aromatic carbocycles. The van der Waals surface area contributed by atoms with E-state index < -0.39 is 10.0 Å². The maximum absolute atomic E-state index is 13.0. The van der Waals surface area contributed by atoms with Crippen molar-refractivity contribution in [1.82, 2.24) is 4.31 Å². The van der Waals surface area contributed by atoms with Gasteiger partial charge in [-0.2, -0.15) is 4.31 Å². The number of aliphatic hydroxyl groups excluding tert-OH is 1. The van der Waals surface area contributed by atoms with Crippen LogP contribution in [-0.2, 0) is 10.0 Å². The van der Waals surface area contributed by atoms with E-state index in [0.29, 0.717) is 34.7 Å². The maximum Gasteiger partial charge on any atom is 0.243 e. The number of hydrogen-bond acceptors (Lipinski definition) is 5. The lowest BCUT2D eigenvalue weighted by molar-refractivity contribution is 0.155. The summed E-state index contributed by atoms with van der Waals surface area (Å²) < 4.78 is 27.4. The molecule has 118 valence electrons. The van der Waals surface area contributed by atoms with Crippen LogP contribution in [0.2, 0.25) is 0 Å². The van der Waals surface area contributed by atoms with Crippen LogP contribution in [0.3, 0.4) is 0 Å². The van der Waals surface area contributed by atoms with Gasteiger partial charge in [0, 0.05) is 18.3 Å². The summed E-state index contributed by atoms with van der Waals surface area (Å²) in [7, 11) is -3.60. The van der Waals surface area contributed by atoms with Crippen molar-refractivity contribution < 1.29 is 13.5 Å². The molecule has 1 atom stereocenters. The van der Waals surface area contributed by atoms with Gasteiger partial charge in [0.05, 0.1) is 11.5 Å². The van der Waals surface area contributed by atoms with Gasteiger partial charge in [-0.1, -0.05) is 6.42 Å². The van der Waals surface area contributed by atoms with E-state index in [1.165, 1.54) is 4.31 Å². The number of sulfonamides is 1. The van der Waals surface area contributed by atoms with Crippen molar-refractivity contribution in [1.29, 1.82) is 0 Å². The molecule has 1 heterocycles. The summed E-state index contributed by atoms with van der Waals surface area (Å²) in [6.45, 7) is 3.85. The number of aliphatic hydroxyl groups is 1. The Labute approximate surface area is 126 Å². The smallest absolute Gasteiger partial charge is 0.243 e. The highest BCUT2D eigenvalue weighted by atomic mass is 32.2. The van der Waals surface area contributed by atoms with E-state index in [2.05, 4.69) is 5.43 Å². The lowest BCUT2D eigenvalue weighted by Gasteiger charge is -2.34. The number of benzene rings is 1. The van der Waals surface area contributed by atoms with Crippen LogP contribution in [0, 0.1) is 13.8 Å². The van der Waals surface area contributed by atoms with Crippen molar-refractivity contribution in [2.45, 2.75) is 44.0 Å². The predicted octanol–water partition coefficient (Wildman–Crippen LogP) is 1.12. The lowest BCUT2D eigenvalue weighted by atomic mass is 10.1. The van der Waals surface area contributed by atoms with Crippen LogP contribution in [0.25, 0.3) is 0 Å². The first-order chi connectivity index (χ1) is 9.91. The molecule has 6 nitrogen and oxygen atoms in total. The standard InChI is InChI=1S/C14H23N3O3S/c1-10-7-12(16-15)8-11(2)14(10)21(19,20)17-6-4-3-5-13(17)9-18/h7-8,13,16,18H,3-6,9,15H2,1-2H3. The van der Waals surface area contributed by atoms with E-state index >= 15 is 0 Å². The van der Waals surface area contributed by atoms with Crippen molar-refractivity contribution in [2.75, 3.05) is 18.6 Å².